The Hall–Kier alpha value is -3.59. The van der Waals surface area contributed by atoms with Crippen LogP contribution >= 0.6 is 0 Å². The molecule has 0 aliphatic heterocycles. The summed E-state index contributed by atoms with van der Waals surface area (Å²) in [4.78, 5) is 62.8. The molecular formula is C20H23N8NaO6. The fourth-order valence-corrected chi connectivity index (χ4v) is 3.10. The van der Waals surface area contributed by atoms with Crippen molar-refractivity contribution >= 4 is 70.2 Å². The van der Waals surface area contributed by atoms with E-state index in [1.54, 1.807) is 17.0 Å². The molecule has 35 heavy (non-hydrogen) atoms. The van der Waals surface area contributed by atoms with Gasteiger partial charge in [-0.05, 0) is 30.7 Å². The van der Waals surface area contributed by atoms with Crippen LogP contribution in [0.2, 0.25) is 0 Å². The molecule has 1 atom stereocenters. The Morgan fingerprint density at radius 2 is 1.83 bits per heavy atom. The molecule has 15 heteroatoms. The van der Waals surface area contributed by atoms with Gasteiger partial charge in [0.1, 0.15) is 6.04 Å². The van der Waals surface area contributed by atoms with Gasteiger partial charge in [0.15, 0.2) is 11.2 Å². The Labute approximate surface area is 220 Å². The number of carbonyl (C=O) groups is 3. The van der Waals surface area contributed by atoms with Gasteiger partial charge in [0.2, 0.25) is 5.95 Å². The van der Waals surface area contributed by atoms with Crippen LogP contribution in [0.15, 0.2) is 35.3 Å². The molecule has 2 aromatic heterocycles. The van der Waals surface area contributed by atoms with Crippen molar-refractivity contribution in [1.29, 1.82) is 0 Å². The fourth-order valence-electron chi connectivity index (χ4n) is 3.10. The number of carbonyl (C=O) groups excluding carboxylic acids is 1. The van der Waals surface area contributed by atoms with Gasteiger partial charge in [-0.2, -0.15) is 4.98 Å². The molecule has 14 nitrogen and oxygen atoms in total. The van der Waals surface area contributed by atoms with Crippen LogP contribution in [0.4, 0.5) is 11.6 Å². The zero-order chi connectivity index (χ0) is 24.8. The number of nitrogens with two attached hydrogens (primary N) is 2. The van der Waals surface area contributed by atoms with E-state index >= 15 is 0 Å². The molecule has 0 spiro atoms. The number of H-pyrrole nitrogens is 1. The summed E-state index contributed by atoms with van der Waals surface area (Å²) in [5.41, 5.74) is 12.2. The molecule has 0 unspecified atom stereocenters. The van der Waals surface area contributed by atoms with E-state index in [0.29, 0.717) is 11.4 Å². The summed E-state index contributed by atoms with van der Waals surface area (Å²) in [7, 11) is 0. The van der Waals surface area contributed by atoms with E-state index in [0.717, 1.165) is 0 Å². The fraction of sp³-hybridized carbons (Fsp3) is 0.250. The van der Waals surface area contributed by atoms with Crippen LogP contribution in [0, 0.1) is 0 Å². The number of aromatic nitrogens is 4. The van der Waals surface area contributed by atoms with Crippen molar-refractivity contribution in [3.63, 3.8) is 0 Å². The summed E-state index contributed by atoms with van der Waals surface area (Å²) in [6, 6.07) is 4.85. The second-order valence-electron chi connectivity index (χ2n) is 7.21. The van der Waals surface area contributed by atoms with Gasteiger partial charge in [-0.15, -0.1) is 0 Å². The number of nitrogens with one attached hydrogen (secondary N) is 2. The predicted octanol–water partition coefficient (Wildman–Crippen LogP) is -1.38. The first kappa shape index (κ1) is 27.7. The second kappa shape index (κ2) is 12.2. The zero-order valence-corrected chi connectivity index (χ0v) is 17.8. The van der Waals surface area contributed by atoms with Gasteiger partial charge in [0.25, 0.3) is 5.91 Å². The van der Waals surface area contributed by atoms with Crippen molar-refractivity contribution in [2.75, 3.05) is 17.3 Å². The molecule has 0 saturated heterocycles. The van der Waals surface area contributed by atoms with E-state index in [4.69, 9.17) is 16.6 Å². The van der Waals surface area contributed by atoms with Gasteiger partial charge in [0.05, 0.1) is 25.1 Å². The van der Waals surface area contributed by atoms with Crippen LogP contribution < -0.4 is 27.2 Å². The first-order chi connectivity index (χ1) is 16.2. The van der Waals surface area contributed by atoms with E-state index in [2.05, 4.69) is 25.3 Å². The second-order valence-corrected chi connectivity index (χ2v) is 7.21. The minimum absolute atomic E-state index is 0. The molecule has 8 N–H and O–H groups in total. The topological polar surface area (TPSA) is 231 Å². The van der Waals surface area contributed by atoms with E-state index in [1.807, 2.05) is 0 Å². The first-order valence-corrected chi connectivity index (χ1v) is 10.00. The molecular weight excluding hydrogens is 471 g/mol. The van der Waals surface area contributed by atoms with Crippen molar-refractivity contribution in [2.24, 2.45) is 5.73 Å². The maximum absolute atomic E-state index is 12.4. The third-order valence-electron chi connectivity index (χ3n) is 4.81. The molecule has 3 aromatic rings. The van der Waals surface area contributed by atoms with E-state index in [1.165, 1.54) is 18.3 Å². The number of carboxylic acid groups (broad SMARTS) is 2. The standard InChI is InChI=1S/C20H22N8O6.Na.H/c21-9-28(8-11-7-23-16-15(24-11)18(32)27-20(22)26-16)12-3-1-10(2-4-12)17(31)25-13(19(33)34)5-6-14(29)30;;/h1-4,7,13H,5-6,8-9,21H2,(H,25,31)(H,29,30)(H,33,34)(H3,22,23,26,27,32);;/t13-;;/m0../s1. The number of nitrogen functional groups attached to an aromatic ring is 1. The summed E-state index contributed by atoms with van der Waals surface area (Å²) < 4.78 is 0. The van der Waals surface area contributed by atoms with Crippen LogP contribution in [-0.2, 0) is 16.1 Å². The summed E-state index contributed by atoms with van der Waals surface area (Å²) in [5.74, 6) is -3.21. The number of aromatic amines is 1. The average Bonchev–Trinajstić information content (AvgIpc) is 2.80. The molecule has 2 heterocycles. The van der Waals surface area contributed by atoms with Gasteiger partial charge in [-0.3, -0.25) is 14.4 Å². The Kier molecular flexibility index (Phi) is 9.65. The third kappa shape index (κ3) is 7.19. The number of fused-ring (bicyclic) bond motifs is 1. The molecule has 1 aromatic carbocycles. The summed E-state index contributed by atoms with van der Waals surface area (Å²) in [6.45, 7) is 0.281. The maximum atomic E-state index is 12.4. The van der Waals surface area contributed by atoms with E-state index < -0.39 is 35.9 Å². The van der Waals surface area contributed by atoms with Crippen molar-refractivity contribution in [2.45, 2.75) is 25.4 Å². The van der Waals surface area contributed by atoms with Crippen LogP contribution in [0.25, 0.3) is 11.2 Å². The average molecular weight is 494 g/mol. The van der Waals surface area contributed by atoms with Crippen molar-refractivity contribution in [1.82, 2.24) is 25.3 Å². The minimum atomic E-state index is -1.33. The monoisotopic (exact) mass is 494 g/mol. The normalized spacial score (nSPS) is 11.3. The number of amides is 1. The number of aliphatic carboxylic acids is 2. The molecule has 0 aliphatic rings. The van der Waals surface area contributed by atoms with Gasteiger partial charge in [0, 0.05) is 17.7 Å². The number of anilines is 2. The van der Waals surface area contributed by atoms with Gasteiger partial charge in [-0.1, -0.05) is 0 Å². The van der Waals surface area contributed by atoms with Gasteiger partial charge >= 0.3 is 47.1 Å². The molecule has 1 amide bonds. The van der Waals surface area contributed by atoms with Crippen LogP contribution in [0.1, 0.15) is 28.9 Å². The molecule has 0 saturated carbocycles. The number of carboxylic acids is 2. The number of benzene rings is 1. The summed E-state index contributed by atoms with van der Waals surface area (Å²) in [6.07, 6.45) is 0.827. The zero-order valence-electron chi connectivity index (χ0n) is 17.8. The van der Waals surface area contributed by atoms with Gasteiger partial charge in [-0.25, -0.2) is 14.8 Å². The number of rotatable bonds is 10. The van der Waals surface area contributed by atoms with Crippen molar-refractivity contribution < 1.29 is 24.6 Å². The Balaban J connectivity index is 0.00000432. The van der Waals surface area contributed by atoms with Crippen molar-refractivity contribution in [3.05, 3.63) is 52.1 Å². The number of hydrogen-bond donors (Lipinski definition) is 6. The summed E-state index contributed by atoms with van der Waals surface area (Å²) in [5, 5.41) is 20.2. The van der Waals surface area contributed by atoms with Crippen LogP contribution in [-0.4, -0.2) is 90.3 Å². The van der Waals surface area contributed by atoms with Crippen LogP contribution in [0.3, 0.4) is 0 Å². The first-order valence-electron chi connectivity index (χ1n) is 10.00. The molecule has 0 aliphatic carbocycles. The van der Waals surface area contributed by atoms with Crippen LogP contribution in [0.5, 0.6) is 0 Å². The molecule has 180 valence electrons. The molecule has 0 bridgehead atoms. The SMILES string of the molecule is NCN(Cc1cnc2[nH]c(N)nc(=O)c2n1)c1ccc(C(=O)N[C@@H](CCC(=O)O)C(=O)O)cc1.[NaH]. The van der Waals surface area contributed by atoms with E-state index in [9.17, 15) is 24.3 Å². The number of nitrogens with zero attached hydrogens (tertiary/aromatic N) is 4. The number of hydrogen-bond acceptors (Lipinski definition) is 10. The van der Waals surface area contributed by atoms with Crippen molar-refractivity contribution in [3.8, 4) is 0 Å². The Morgan fingerprint density at radius 3 is 2.43 bits per heavy atom. The molecule has 3 rings (SSSR count). The Morgan fingerprint density at radius 1 is 1.14 bits per heavy atom. The third-order valence-corrected chi connectivity index (χ3v) is 4.81. The van der Waals surface area contributed by atoms with E-state index in [-0.39, 0.29) is 71.9 Å². The Bertz CT molecular complexity index is 1280. The quantitative estimate of drug-likeness (QED) is 0.141. The predicted molar refractivity (Wildman–Crippen MR) is 127 cm³/mol. The molecule has 0 radical (unpaired) electrons. The van der Waals surface area contributed by atoms with Gasteiger partial charge < -0.3 is 36.9 Å². The summed E-state index contributed by atoms with van der Waals surface area (Å²) >= 11 is 0. The molecule has 0 fully saturated rings.